The third-order valence-electron chi connectivity index (χ3n) is 1.94. The molecule has 0 bridgehead atoms. The van der Waals surface area contributed by atoms with E-state index in [0.717, 1.165) is 5.56 Å². The van der Waals surface area contributed by atoms with Gasteiger partial charge in [0.2, 0.25) is 0 Å². The van der Waals surface area contributed by atoms with Gasteiger partial charge in [-0.2, -0.15) is 0 Å². The highest BCUT2D eigenvalue weighted by molar-refractivity contribution is 6.30. The molecule has 2 N–H and O–H groups in total. The molecule has 0 fully saturated rings. The van der Waals surface area contributed by atoms with Gasteiger partial charge in [0, 0.05) is 22.2 Å². The van der Waals surface area contributed by atoms with Crippen LogP contribution in [0.4, 0.5) is 4.39 Å². The number of hydrogen-bond donors (Lipinski definition) is 1. The monoisotopic (exact) mass is 259 g/mol. The summed E-state index contributed by atoms with van der Waals surface area (Å²) in [7, 11) is 0. The van der Waals surface area contributed by atoms with Crippen LogP contribution in [0.2, 0.25) is 5.02 Å². The quantitative estimate of drug-likeness (QED) is 0.811. The molecule has 4 heteroatoms. The van der Waals surface area contributed by atoms with Gasteiger partial charge in [0.25, 0.3) is 0 Å². The molecule has 1 rings (SSSR count). The van der Waals surface area contributed by atoms with E-state index in [-0.39, 0.29) is 5.70 Å². The number of halogens is 3. The Bertz CT molecular complexity index is 417. The molecule has 1 aromatic rings. The fourth-order valence-electron chi connectivity index (χ4n) is 1.17. The van der Waals surface area contributed by atoms with Gasteiger partial charge in [-0.05, 0) is 30.7 Å². The lowest BCUT2D eigenvalue weighted by molar-refractivity contribution is 0.646. The van der Waals surface area contributed by atoms with Gasteiger partial charge in [0.05, 0.1) is 0 Å². The molecule has 0 aromatic heterocycles. The van der Waals surface area contributed by atoms with Crippen LogP contribution in [0.5, 0.6) is 0 Å². The van der Waals surface area contributed by atoms with Gasteiger partial charge in [0.1, 0.15) is 5.83 Å². The van der Waals surface area contributed by atoms with Gasteiger partial charge in [-0.15, -0.1) is 0 Å². The Morgan fingerprint density at radius 1 is 1.38 bits per heavy atom. The molecule has 0 heterocycles. The number of rotatable bonds is 3. The van der Waals surface area contributed by atoms with Crippen LogP contribution in [0.3, 0.4) is 0 Å². The van der Waals surface area contributed by atoms with Gasteiger partial charge in [-0.25, -0.2) is 4.39 Å². The van der Waals surface area contributed by atoms with Crippen molar-refractivity contribution in [2.45, 2.75) is 13.3 Å². The van der Waals surface area contributed by atoms with Gasteiger partial charge < -0.3 is 5.73 Å². The van der Waals surface area contributed by atoms with Crippen LogP contribution in [0, 0.1) is 0 Å². The third-order valence-corrected chi connectivity index (χ3v) is 2.30. The molecule has 0 aliphatic carbocycles. The second-order valence-electron chi connectivity index (χ2n) is 3.41. The minimum atomic E-state index is -0.498. The van der Waals surface area contributed by atoms with Crippen molar-refractivity contribution in [3.63, 3.8) is 0 Å². The van der Waals surface area contributed by atoms with E-state index in [1.54, 1.807) is 31.2 Å². The summed E-state index contributed by atoms with van der Waals surface area (Å²) in [6.45, 7) is 1.59. The lowest BCUT2D eigenvalue weighted by Gasteiger charge is -2.03. The Kier molecular flexibility index (Phi) is 4.84. The number of allylic oxidation sites excluding steroid dienone is 4. The Hall–Kier alpha value is -0.990. The second-order valence-corrected chi connectivity index (χ2v) is 4.44. The maximum absolute atomic E-state index is 13.4. The number of nitrogens with two attached hydrogens (primary N) is 1. The van der Waals surface area contributed by atoms with Crippen LogP contribution in [0.15, 0.2) is 46.9 Å². The number of hydrogen-bond acceptors (Lipinski definition) is 1. The van der Waals surface area contributed by atoms with Gasteiger partial charge in [0.15, 0.2) is 0 Å². The predicted molar refractivity (Wildman–Crippen MR) is 67.1 cm³/mol. The zero-order valence-electron chi connectivity index (χ0n) is 8.81. The van der Waals surface area contributed by atoms with Crippen LogP contribution in [-0.4, -0.2) is 0 Å². The zero-order valence-corrected chi connectivity index (χ0v) is 10.3. The molecule has 0 spiro atoms. The minimum Gasteiger partial charge on any atom is -0.399 e. The molecular formula is C12H12Cl2FN. The first kappa shape index (κ1) is 13.1. The van der Waals surface area contributed by atoms with E-state index in [0.29, 0.717) is 16.5 Å². The fraction of sp³-hybridized carbons (Fsp3) is 0.167. The molecule has 0 unspecified atom stereocenters. The topological polar surface area (TPSA) is 26.0 Å². The molecule has 0 amide bonds. The normalized spacial score (nSPS) is 13.6. The first-order valence-electron chi connectivity index (χ1n) is 4.71. The summed E-state index contributed by atoms with van der Waals surface area (Å²) in [5.74, 6) is -0.498. The van der Waals surface area contributed by atoms with Crippen LogP contribution < -0.4 is 5.73 Å². The summed E-state index contributed by atoms with van der Waals surface area (Å²) in [6, 6.07) is 7.09. The minimum absolute atomic E-state index is 0.155. The maximum Gasteiger partial charge on any atom is 0.143 e. The summed E-state index contributed by atoms with van der Waals surface area (Å²) < 4.78 is 13.4. The third kappa shape index (κ3) is 4.25. The molecule has 0 radical (unpaired) electrons. The maximum atomic E-state index is 13.4. The summed E-state index contributed by atoms with van der Waals surface area (Å²) in [6.07, 6.45) is 1.54. The highest BCUT2D eigenvalue weighted by Gasteiger charge is 2.02. The van der Waals surface area contributed by atoms with E-state index in [1.165, 1.54) is 6.08 Å². The molecule has 0 aliphatic rings. The van der Waals surface area contributed by atoms with E-state index in [9.17, 15) is 4.39 Å². The van der Waals surface area contributed by atoms with Gasteiger partial charge >= 0.3 is 0 Å². The van der Waals surface area contributed by atoms with Gasteiger partial charge in [-0.3, -0.25) is 0 Å². The van der Waals surface area contributed by atoms with Crippen molar-refractivity contribution in [2.75, 3.05) is 0 Å². The van der Waals surface area contributed by atoms with Gasteiger partial charge in [-0.1, -0.05) is 35.3 Å². The van der Waals surface area contributed by atoms with E-state index in [1.807, 2.05) is 0 Å². The summed E-state index contributed by atoms with van der Waals surface area (Å²) >= 11 is 11.3. The van der Waals surface area contributed by atoms with E-state index < -0.39 is 5.83 Å². The molecule has 0 saturated heterocycles. The van der Waals surface area contributed by atoms with Crippen molar-refractivity contribution in [3.8, 4) is 0 Å². The number of benzene rings is 1. The molecule has 86 valence electrons. The second kappa shape index (κ2) is 5.92. The summed E-state index contributed by atoms with van der Waals surface area (Å²) in [4.78, 5) is 0. The largest absolute Gasteiger partial charge is 0.399 e. The Labute approximate surface area is 104 Å². The molecule has 16 heavy (non-hydrogen) atoms. The Morgan fingerprint density at radius 3 is 2.44 bits per heavy atom. The summed E-state index contributed by atoms with van der Waals surface area (Å²) in [5.41, 5.74) is 6.66. The van der Waals surface area contributed by atoms with Crippen molar-refractivity contribution in [2.24, 2.45) is 5.73 Å². The van der Waals surface area contributed by atoms with Crippen molar-refractivity contribution in [3.05, 3.63) is 57.5 Å². The predicted octanol–water partition coefficient (Wildman–Crippen LogP) is 4.16. The fourth-order valence-corrected chi connectivity index (χ4v) is 1.40. The van der Waals surface area contributed by atoms with Crippen LogP contribution in [0.1, 0.15) is 12.5 Å². The molecule has 0 atom stereocenters. The van der Waals surface area contributed by atoms with Crippen LogP contribution >= 0.6 is 23.2 Å². The molecular weight excluding hydrogens is 248 g/mol. The molecule has 0 aliphatic heterocycles. The van der Waals surface area contributed by atoms with E-state index in [2.05, 4.69) is 0 Å². The van der Waals surface area contributed by atoms with E-state index >= 15 is 0 Å². The zero-order chi connectivity index (χ0) is 12.1. The molecule has 1 nitrogen and oxygen atoms in total. The van der Waals surface area contributed by atoms with Crippen molar-refractivity contribution in [1.29, 1.82) is 0 Å². The Balaban J connectivity index is 2.81. The average molecular weight is 260 g/mol. The average Bonchev–Trinajstić information content (AvgIpc) is 2.20. The van der Waals surface area contributed by atoms with Crippen LogP contribution in [-0.2, 0) is 6.42 Å². The highest BCUT2D eigenvalue weighted by atomic mass is 35.5. The first-order chi connectivity index (χ1) is 7.49. The van der Waals surface area contributed by atoms with E-state index in [4.69, 9.17) is 28.9 Å². The molecule has 0 saturated carbocycles. The highest BCUT2D eigenvalue weighted by Crippen LogP contribution is 2.15. The van der Waals surface area contributed by atoms with Crippen LogP contribution in [0.25, 0.3) is 0 Å². The SMILES string of the molecule is C/C(Cl)=C\C(F)=C(/N)Cc1ccc(Cl)cc1. The lowest BCUT2D eigenvalue weighted by Crippen LogP contribution is -2.03. The van der Waals surface area contributed by atoms with Crippen molar-refractivity contribution >= 4 is 23.2 Å². The smallest absolute Gasteiger partial charge is 0.143 e. The lowest BCUT2D eigenvalue weighted by atomic mass is 10.1. The summed E-state index contributed by atoms with van der Waals surface area (Å²) in [5, 5.41) is 1.000. The van der Waals surface area contributed by atoms with Crippen molar-refractivity contribution < 1.29 is 4.39 Å². The standard InChI is InChI=1S/C12H12Cl2FN/c1-8(13)6-11(15)12(16)7-9-2-4-10(14)5-3-9/h2-6H,7,16H2,1H3/b8-6+,12-11+. The Morgan fingerprint density at radius 2 is 1.94 bits per heavy atom. The first-order valence-corrected chi connectivity index (χ1v) is 5.47. The molecule has 1 aromatic carbocycles. The van der Waals surface area contributed by atoms with Crippen molar-refractivity contribution in [1.82, 2.24) is 0 Å².